The first-order valence-corrected chi connectivity index (χ1v) is 10.8. The van der Waals surface area contributed by atoms with Gasteiger partial charge in [-0.1, -0.05) is 30.7 Å². The van der Waals surface area contributed by atoms with Crippen molar-refractivity contribution in [2.45, 2.75) is 31.6 Å². The number of sulfonamides is 1. The molecule has 2 aromatic rings. The summed E-state index contributed by atoms with van der Waals surface area (Å²) in [6.45, 7) is 5.42. The van der Waals surface area contributed by atoms with Crippen LogP contribution < -0.4 is 4.72 Å². The molecule has 0 saturated carbocycles. The lowest BCUT2D eigenvalue weighted by Gasteiger charge is -2.30. The molecule has 7 heteroatoms. The number of hydrogen-bond acceptors (Lipinski definition) is 3. The van der Waals surface area contributed by atoms with E-state index in [0.29, 0.717) is 30.3 Å². The highest BCUT2D eigenvalue weighted by molar-refractivity contribution is 7.92. The van der Waals surface area contributed by atoms with Crippen molar-refractivity contribution < 1.29 is 13.2 Å². The maximum Gasteiger partial charge on any atom is 0.263 e. The van der Waals surface area contributed by atoms with E-state index >= 15 is 0 Å². The third-order valence-corrected chi connectivity index (χ3v) is 6.67. The number of hydrogen-bond donors (Lipinski definition) is 1. The van der Waals surface area contributed by atoms with Crippen molar-refractivity contribution in [3.05, 3.63) is 58.6 Å². The van der Waals surface area contributed by atoms with E-state index in [0.717, 1.165) is 18.4 Å². The highest BCUT2D eigenvalue weighted by Gasteiger charge is 2.25. The number of halogens is 1. The molecule has 1 N–H and O–H groups in total. The molecular formula is C20H23ClN2O3S. The SMILES string of the molecule is Cc1cccc(NS(=O)(=O)c2cc(C(=O)N3CCC(C)CC3)ccc2Cl)c1. The van der Waals surface area contributed by atoms with Crippen molar-refractivity contribution in [1.82, 2.24) is 4.90 Å². The number of rotatable bonds is 4. The summed E-state index contributed by atoms with van der Waals surface area (Å²) < 4.78 is 28.1. The Balaban J connectivity index is 1.87. The molecule has 27 heavy (non-hydrogen) atoms. The predicted octanol–water partition coefficient (Wildman–Crippen LogP) is 4.32. The third-order valence-electron chi connectivity index (χ3n) is 4.81. The summed E-state index contributed by atoms with van der Waals surface area (Å²) >= 11 is 6.14. The maximum absolute atomic E-state index is 12.8. The Kier molecular flexibility index (Phi) is 5.77. The minimum Gasteiger partial charge on any atom is -0.339 e. The molecule has 0 atom stereocenters. The average Bonchev–Trinajstić information content (AvgIpc) is 2.61. The van der Waals surface area contributed by atoms with Crippen LogP contribution in [0.3, 0.4) is 0 Å². The quantitative estimate of drug-likeness (QED) is 0.822. The summed E-state index contributed by atoms with van der Waals surface area (Å²) in [4.78, 5) is 14.4. The summed E-state index contributed by atoms with van der Waals surface area (Å²) in [5.41, 5.74) is 1.72. The summed E-state index contributed by atoms with van der Waals surface area (Å²) in [5, 5.41) is 0.0824. The Morgan fingerprint density at radius 1 is 1.15 bits per heavy atom. The number of benzene rings is 2. The number of likely N-dealkylation sites (tertiary alicyclic amines) is 1. The van der Waals surface area contributed by atoms with Crippen molar-refractivity contribution in [2.24, 2.45) is 5.92 Å². The van der Waals surface area contributed by atoms with E-state index in [-0.39, 0.29) is 15.8 Å². The fraction of sp³-hybridized carbons (Fsp3) is 0.350. The Morgan fingerprint density at radius 2 is 1.85 bits per heavy atom. The lowest BCUT2D eigenvalue weighted by atomic mass is 9.98. The Labute approximate surface area is 165 Å². The lowest BCUT2D eigenvalue weighted by molar-refractivity contribution is 0.0697. The molecule has 3 rings (SSSR count). The number of anilines is 1. The zero-order chi connectivity index (χ0) is 19.6. The van der Waals surface area contributed by atoms with E-state index in [1.165, 1.54) is 12.1 Å². The van der Waals surface area contributed by atoms with Gasteiger partial charge >= 0.3 is 0 Å². The van der Waals surface area contributed by atoms with Crippen LogP contribution in [0, 0.1) is 12.8 Å². The van der Waals surface area contributed by atoms with Crippen LogP contribution in [0.15, 0.2) is 47.4 Å². The molecule has 1 amide bonds. The molecule has 2 aromatic carbocycles. The van der Waals surface area contributed by atoms with E-state index in [9.17, 15) is 13.2 Å². The zero-order valence-corrected chi connectivity index (χ0v) is 17.0. The van der Waals surface area contributed by atoms with Gasteiger partial charge in [0.2, 0.25) is 0 Å². The summed E-state index contributed by atoms with van der Waals surface area (Å²) in [5.74, 6) is 0.444. The standard InChI is InChI=1S/C20H23ClN2O3S/c1-14-8-10-23(11-9-14)20(24)16-6-7-18(21)19(13-16)27(25,26)22-17-5-3-4-15(2)12-17/h3-7,12-14,22H,8-11H2,1-2H3. The second-order valence-electron chi connectivity index (χ2n) is 7.09. The normalized spacial score (nSPS) is 15.6. The number of carbonyl (C=O) groups is 1. The second kappa shape index (κ2) is 7.90. The van der Waals surface area contributed by atoms with Gasteiger partial charge in [-0.3, -0.25) is 9.52 Å². The van der Waals surface area contributed by atoms with Crippen LogP contribution in [-0.2, 0) is 10.0 Å². The summed E-state index contributed by atoms with van der Waals surface area (Å²) in [6.07, 6.45) is 1.92. The summed E-state index contributed by atoms with van der Waals surface area (Å²) in [7, 11) is -3.91. The largest absolute Gasteiger partial charge is 0.339 e. The van der Waals surface area contributed by atoms with Gasteiger partial charge in [-0.05, 0) is 61.6 Å². The number of carbonyl (C=O) groups excluding carboxylic acids is 1. The minimum atomic E-state index is -3.91. The molecular weight excluding hydrogens is 384 g/mol. The van der Waals surface area contributed by atoms with Gasteiger partial charge in [-0.25, -0.2) is 8.42 Å². The van der Waals surface area contributed by atoms with Crippen LogP contribution in [0.2, 0.25) is 5.02 Å². The smallest absolute Gasteiger partial charge is 0.263 e. The van der Waals surface area contributed by atoms with E-state index in [1.54, 1.807) is 29.2 Å². The van der Waals surface area contributed by atoms with Gasteiger partial charge in [0, 0.05) is 24.3 Å². The average molecular weight is 407 g/mol. The van der Waals surface area contributed by atoms with Crippen LogP contribution in [0.25, 0.3) is 0 Å². The Bertz CT molecular complexity index is 951. The Morgan fingerprint density at radius 3 is 2.52 bits per heavy atom. The van der Waals surface area contributed by atoms with Gasteiger partial charge in [0.1, 0.15) is 4.90 Å². The van der Waals surface area contributed by atoms with Gasteiger partial charge < -0.3 is 4.90 Å². The van der Waals surface area contributed by atoms with E-state index < -0.39 is 10.0 Å². The molecule has 0 aromatic heterocycles. The van der Waals surface area contributed by atoms with Crippen LogP contribution >= 0.6 is 11.6 Å². The molecule has 0 aliphatic carbocycles. The van der Waals surface area contributed by atoms with E-state index in [4.69, 9.17) is 11.6 Å². The fourth-order valence-corrected chi connectivity index (χ4v) is 4.73. The molecule has 1 saturated heterocycles. The lowest BCUT2D eigenvalue weighted by Crippen LogP contribution is -2.38. The highest BCUT2D eigenvalue weighted by atomic mass is 35.5. The van der Waals surface area contributed by atoms with Crippen LogP contribution in [-0.4, -0.2) is 32.3 Å². The first kappa shape index (κ1) is 19.7. The van der Waals surface area contributed by atoms with Crippen molar-refractivity contribution >= 4 is 33.2 Å². The molecule has 0 unspecified atom stereocenters. The minimum absolute atomic E-state index is 0.0824. The monoisotopic (exact) mass is 406 g/mol. The van der Waals surface area contributed by atoms with Gasteiger partial charge in [0.05, 0.1) is 5.02 Å². The molecule has 0 bridgehead atoms. The first-order chi connectivity index (χ1) is 12.8. The van der Waals surface area contributed by atoms with Gasteiger partial charge in [-0.2, -0.15) is 0 Å². The second-order valence-corrected chi connectivity index (χ2v) is 9.15. The Hall–Kier alpha value is -2.05. The summed E-state index contributed by atoms with van der Waals surface area (Å²) in [6, 6.07) is 11.5. The number of nitrogens with zero attached hydrogens (tertiary/aromatic N) is 1. The number of amides is 1. The van der Waals surface area contributed by atoms with Gasteiger partial charge in [-0.15, -0.1) is 0 Å². The molecule has 0 spiro atoms. The van der Waals surface area contributed by atoms with Crippen molar-refractivity contribution in [1.29, 1.82) is 0 Å². The molecule has 144 valence electrons. The third kappa shape index (κ3) is 4.62. The molecule has 0 radical (unpaired) electrons. The van der Waals surface area contributed by atoms with Gasteiger partial charge in [0.25, 0.3) is 15.9 Å². The van der Waals surface area contributed by atoms with Gasteiger partial charge in [0.15, 0.2) is 0 Å². The van der Waals surface area contributed by atoms with Crippen molar-refractivity contribution in [2.75, 3.05) is 17.8 Å². The van der Waals surface area contributed by atoms with Crippen LogP contribution in [0.1, 0.15) is 35.7 Å². The van der Waals surface area contributed by atoms with Crippen LogP contribution in [0.5, 0.6) is 0 Å². The molecule has 1 aliphatic rings. The molecule has 1 aliphatic heterocycles. The maximum atomic E-state index is 12.8. The highest BCUT2D eigenvalue weighted by Crippen LogP contribution is 2.27. The van der Waals surface area contributed by atoms with Crippen LogP contribution in [0.4, 0.5) is 5.69 Å². The number of nitrogens with one attached hydrogen (secondary N) is 1. The first-order valence-electron chi connectivity index (χ1n) is 8.94. The van der Waals surface area contributed by atoms with E-state index in [1.807, 2.05) is 13.0 Å². The topological polar surface area (TPSA) is 66.5 Å². The predicted molar refractivity (Wildman–Crippen MR) is 108 cm³/mol. The molecule has 1 heterocycles. The van der Waals surface area contributed by atoms with E-state index in [2.05, 4.69) is 11.6 Å². The molecule has 5 nitrogen and oxygen atoms in total. The fourth-order valence-electron chi connectivity index (χ4n) is 3.16. The van der Waals surface area contributed by atoms with Crippen molar-refractivity contribution in [3.63, 3.8) is 0 Å². The van der Waals surface area contributed by atoms with Crippen molar-refractivity contribution in [3.8, 4) is 0 Å². The molecule has 1 fully saturated rings. The zero-order valence-electron chi connectivity index (χ0n) is 15.4. The number of aryl methyl sites for hydroxylation is 1. The number of piperidine rings is 1.